The fourth-order valence-corrected chi connectivity index (χ4v) is 4.03. The lowest BCUT2D eigenvalue weighted by molar-refractivity contribution is -0.274. The predicted molar refractivity (Wildman–Crippen MR) is 115 cm³/mol. The molecule has 2 aromatic carbocycles. The van der Waals surface area contributed by atoms with Crippen molar-refractivity contribution < 1.29 is 47.9 Å². The smallest absolute Gasteiger partial charge is 0.406 e. The highest BCUT2D eigenvalue weighted by molar-refractivity contribution is 6.07. The molecule has 1 saturated heterocycles. The van der Waals surface area contributed by atoms with Crippen molar-refractivity contribution in [1.82, 2.24) is 9.88 Å². The van der Waals surface area contributed by atoms with Gasteiger partial charge >= 0.3 is 6.36 Å². The fraction of sp³-hybridized carbons (Fsp3) is 0.348. The van der Waals surface area contributed by atoms with Gasteiger partial charge in [-0.05, 0) is 23.8 Å². The van der Waals surface area contributed by atoms with Crippen LogP contribution in [0.5, 0.6) is 5.75 Å². The number of amides is 1. The van der Waals surface area contributed by atoms with Crippen molar-refractivity contribution in [3.8, 4) is 5.75 Å². The number of aliphatic hydroxyl groups is 4. The molecule has 9 nitrogen and oxygen atoms in total. The summed E-state index contributed by atoms with van der Waals surface area (Å²) < 4.78 is 47.8. The molecule has 35 heavy (non-hydrogen) atoms. The number of ether oxygens (including phenoxy) is 2. The largest absolute Gasteiger partial charge is 0.573 e. The Morgan fingerprint density at radius 2 is 1.74 bits per heavy atom. The van der Waals surface area contributed by atoms with E-state index in [1.165, 1.54) is 30.5 Å². The molecule has 1 unspecified atom stereocenters. The zero-order chi connectivity index (χ0) is 25.3. The number of hydrogen-bond donors (Lipinski definition) is 5. The van der Waals surface area contributed by atoms with Crippen molar-refractivity contribution in [2.75, 3.05) is 6.61 Å². The molecule has 5 N–H and O–H groups in total. The lowest BCUT2D eigenvalue weighted by Gasteiger charge is -2.40. The summed E-state index contributed by atoms with van der Waals surface area (Å²) in [7, 11) is 0. The molecule has 0 aliphatic carbocycles. The van der Waals surface area contributed by atoms with Gasteiger partial charge in [0.05, 0.1) is 12.2 Å². The molecule has 1 aliphatic heterocycles. The van der Waals surface area contributed by atoms with E-state index in [4.69, 9.17) is 4.74 Å². The van der Waals surface area contributed by atoms with E-state index in [2.05, 4.69) is 10.1 Å². The molecule has 4 rings (SSSR count). The summed E-state index contributed by atoms with van der Waals surface area (Å²) in [6, 6.07) is 10.9. The van der Waals surface area contributed by atoms with Gasteiger partial charge in [-0.1, -0.05) is 30.3 Å². The first-order valence-electron chi connectivity index (χ1n) is 10.6. The first kappa shape index (κ1) is 24.9. The second-order valence-corrected chi connectivity index (χ2v) is 8.11. The van der Waals surface area contributed by atoms with E-state index >= 15 is 0 Å². The van der Waals surface area contributed by atoms with E-state index in [9.17, 15) is 38.4 Å². The van der Waals surface area contributed by atoms with Crippen molar-refractivity contribution in [2.24, 2.45) is 0 Å². The lowest BCUT2D eigenvalue weighted by atomic mass is 9.96. The molecule has 5 atom stereocenters. The maximum absolute atomic E-state index is 13.1. The highest BCUT2D eigenvalue weighted by Gasteiger charge is 2.44. The molecular formula is C23H23F3N2O7. The van der Waals surface area contributed by atoms with E-state index in [0.29, 0.717) is 16.5 Å². The summed E-state index contributed by atoms with van der Waals surface area (Å²) in [5.41, 5.74) is 1.52. The van der Waals surface area contributed by atoms with E-state index in [1.807, 2.05) is 0 Å². The number of aliphatic hydroxyl groups excluding tert-OH is 4. The van der Waals surface area contributed by atoms with Gasteiger partial charge in [0.2, 0.25) is 0 Å². The normalized spacial score (nSPS) is 24.9. The number of benzene rings is 2. The molecule has 0 saturated carbocycles. The number of aromatic nitrogens is 1. The van der Waals surface area contributed by atoms with E-state index < -0.39 is 49.5 Å². The number of nitrogens with one attached hydrogen (secondary N) is 1. The summed E-state index contributed by atoms with van der Waals surface area (Å²) in [6.07, 6.45) is -9.25. The van der Waals surface area contributed by atoms with Crippen molar-refractivity contribution >= 4 is 16.8 Å². The number of hydrogen-bond acceptors (Lipinski definition) is 7. The summed E-state index contributed by atoms with van der Waals surface area (Å²) in [6.45, 7) is -0.401. The van der Waals surface area contributed by atoms with Crippen molar-refractivity contribution in [1.29, 1.82) is 0 Å². The van der Waals surface area contributed by atoms with Crippen LogP contribution >= 0.6 is 0 Å². The topological polar surface area (TPSA) is 133 Å². The highest BCUT2D eigenvalue weighted by Crippen LogP contribution is 2.26. The Morgan fingerprint density at radius 3 is 2.40 bits per heavy atom. The molecule has 2 heterocycles. The summed E-state index contributed by atoms with van der Waals surface area (Å²) in [5.74, 6) is -1.01. The van der Waals surface area contributed by atoms with Crippen LogP contribution in [-0.2, 0) is 11.3 Å². The van der Waals surface area contributed by atoms with Gasteiger partial charge < -0.3 is 39.8 Å². The molecule has 1 aromatic heterocycles. The minimum absolute atomic E-state index is 0.204. The minimum Gasteiger partial charge on any atom is -0.406 e. The number of fused-ring (bicyclic) bond motifs is 1. The van der Waals surface area contributed by atoms with Gasteiger partial charge in [0.15, 0.2) is 6.29 Å². The summed E-state index contributed by atoms with van der Waals surface area (Å²) in [4.78, 5) is 13.1. The first-order chi connectivity index (χ1) is 16.6. The van der Waals surface area contributed by atoms with Crippen molar-refractivity contribution in [3.63, 3.8) is 0 Å². The Labute approximate surface area is 196 Å². The number of para-hydroxylation sites is 1. The van der Waals surface area contributed by atoms with Gasteiger partial charge in [0, 0.05) is 23.6 Å². The van der Waals surface area contributed by atoms with Crippen LogP contribution in [0.4, 0.5) is 13.2 Å². The van der Waals surface area contributed by atoms with Crippen molar-refractivity contribution in [2.45, 2.75) is 43.6 Å². The SMILES string of the molecule is O=C(N[C@H]1C(O)O[C@H](CO)[C@@H](O)[C@@H]1O)c1cn(Cc2ccc(OC(F)(F)F)cc2)c2ccccc12. The zero-order valence-corrected chi connectivity index (χ0v) is 18.1. The number of alkyl halides is 3. The van der Waals surface area contributed by atoms with Gasteiger partial charge in [-0.15, -0.1) is 13.2 Å². The second kappa shape index (κ2) is 9.84. The molecule has 0 spiro atoms. The van der Waals surface area contributed by atoms with Crippen LogP contribution in [0.15, 0.2) is 54.7 Å². The second-order valence-electron chi connectivity index (χ2n) is 8.11. The average molecular weight is 496 g/mol. The predicted octanol–water partition coefficient (Wildman–Crippen LogP) is 1.12. The Morgan fingerprint density at radius 1 is 1.06 bits per heavy atom. The molecular weight excluding hydrogens is 473 g/mol. The van der Waals surface area contributed by atoms with Crippen LogP contribution in [0.1, 0.15) is 15.9 Å². The number of rotatable bonds is 6. The molecule has 12 heteroatoms. The standard InChI is InChI=1S/C23H23F3N2O7/c24-23(25,26)35-13-7-5-12(6-8-13)9-28-10-15(14-3-1-2-4-16(14)28)21(32)27-18-20(31)19(30)17(11-29)34-22(18)33/h1-8,10,17-20,22,29-31,33H,9,11H2,(H,27,32)/t17-,18-,19-,20-,22?/m1/s1. The van der Waals surface area contributed by atoms with Gasteiger partial charge in [-0.25, -0.2) is 0 Å². The quantitative estimate of drug-likeness (QED) is 0.345. The summed E-state index contributed by atoms with van der Waals surface area (Å²) >= 11 is 0. The number of nitrogens with zero attached hydrogens (tertiary/aromatic N) is 1. The zero-order valence-electron chi connectivity index (χ0n) is 18.1. The van der Waals surface area contributed by atoms with Crippen LogP contribution < -0.4 is 10.1 Å². The molecule has 188 valence electrons. The number of carbonyl (C=O) groups excluding carboxylic acids is 1. The lowest BCUT2D eigenvalue weighted by Crippen LogP contribution is -2.64. The Hall–Kier alpha value is -3.16. The number of carbonyl (C=O) groups is 1. The van der Waals surface area contributed by atoms with Gasteiger partial charge in [0.1, 0.15) is 30.1 Å². The van der Waals surface area contributed by atoms with E-state index in [-0.39, 0.29) is 17.9 Å². The third-order valence-corrected chi connectivity index (χ3v) is 5.74. The van der Waals surface area contributed by atoms with Crippen LogP contribution in [-0.4, -0.2) is 74.5 Å². The molecule has 3 aromatic rings. The van der Waals surface area contributed by atoms with Crippen molar-refractivity contribution in [3.05, 3.63) is 65.9 Å². The molecule has 1 aliphatic rings. The molecule has 0 radical (unpaired) electrons. The summed E-state index contributed by atoms with van der Waals surface area (Å²) in [5, 5.41) is 42.7. The third-order valence-electron chi connectivity index (χ3n) is 5.74. The van der Waals surface area contributed by atoms with Crippen LogP contribution in [0, 0.1) is 0 Å². The monoisotopic (exact) mass is 496 g/mol. The average Bonchev–Trinajstić information content (AvgIpc) is 3.18. The third kappa shape index (κ3) is 5.41. The van der Waals surface area contributed by atoms with Gasteiger partial charge in [0.25, 0.3) is 5.91 Å². The highest BCUT2D eigenvalue weighted by atomic mass is 19.4. The van der Waals surface area contributed by atoms with Crippen LogP contribution in [0.25, 0.3) is 10.9 Å². The first-order valence-corrected chi connectivity index (χ1v) is 10.6. The minimum atomic E-state index is -4.79. The Balaban J connectivity index is 1.56. The van der Waals surface area contributed by atoms with E-state index in [0.717, 1.165) is 0 Å². The Bertz CT molecular complexity index is 1180. The molecule has 1 amide bonds. The maximum Gasteiger partial charge on any atom is 0.573 e. The van der Waals surface area contributed by atoms with Crippen LogP contribution in [0.2, 0.25) is 0 Å². The van der Waals surface area contributed by atoms with E-state index in [1.54, 1.807) is 28.8 Å². The number of halogens is 3. The molecule has 1 fully saturated rings. The van der Waals surface area contributed by atoms with Crippen LogP contribution in [0.3, 0.4) is 0 Å². The van der Waals surface area contributed by atoms with Gasteiger partial charge in [-0.2, -0.15) is 0 Å². The maximum atomic E-state index is 13.1. The Kier molecular flexibility index (Phi) is 7.01. The fourth-order valence-electron chi connectivity index (χ4n) is 4.03. The van der Waals surface area contributed by atoms with Gasteiger partial charge in [-0.3, -0.25) is 4.79 Å². The molecule has 0 bridgehead atoms.